The Kier molecular flexibility index (Phi) is 8.12. The molecule has 0 aliphatic carbocycles. The van der Waals surface area contributed by atoms with Crippen molar-refractivity contribution in [2.45, 2.75) is 31.0 Å². The molecule has 0 unspecified atom stereocenters. The van der Waals surface area contributed by atoms with Crippen molar-refractivity contribution in [1.82, 2.24) is 4.90 Å². The number of ether oxygens (including phenoxy) is 3. The molecule has 1 amide bonds. The van der Waals surface area contributed by atoms with Crippen LogP contribution in [0.15, 0.2) is 84.7 Å². The van der Waals surface area contributed by atoms with E-state index in [2.05, 4.69) is 7.37 Å². The molecule has 0 saturated carbocycles. The van der Waals surface area contributed by atoms with E-state index < -0.39 is 42.4 Å². The molecule has 0 aromatic heterocycles. The van der Waals surface area contributed by atoms with Crippen molar-refractivity contribution in [2.24, 2.45) is 5.73 Å². The molecule has 182 valence electrons. The van der Waals surface area contributed by atoms with Gasteiger partial charge in [0.25, 0.3) is 0 Å². The molecule has 1 fully saturated rings. The summed E-state index contributed by atoms with van der Waals surface area (Å²) in [5, 5.41) is 0. The van der Waals surface area contributed by atoms with Gasteiger partial charge >= 0.3 is 210 Å². The van der Waals surface area contributed by atoms with E-state index in [1.807, 2.05) is 0 Å². The van der Waals surface area contributed by atoms with Gasteiger partial charge < -0.3 is 0 Å². The van der Waals surface area contributed by atoms with Crippen molar-refractivity contribution in [3.8, 4) is 0 Å². The van der Waals surface area contributed by atoms with E-state index in [-0.39, 0.29) is 6.61 Å². The number of rotatable bonds is 9. The van der Waals surface area contributed by atoms with Crippen LogP contribution in [-0.4, -0.2) is 68.3 Å². The number of primary amides is 1. The quantitative estimate of drug-likeness (QED) is 0.416. The number of allylic oxidation sites excluding steroid dienone is 1. The Balaban J connectivity index is 1.68. The van der Waals surface area contributed by atoms with Crippen LogP contribution in [0.1, 0.15) is 27.1 Å². The van der Waals surface area contributed by atoms with Crippen molar-refractivity contribution in [1.29, 1.82) is 0 Å². The molecule has 2 heterocycles. The number of carbonyl (C=O) groups excluding carboxylic acids is 3. The molecule has 0 radical (unpaired) electrons. The minimum atomic E-state index is -1.07. The normalized spacial score (nSPS) is 22.8. The Labute approximate surface area is 209 Å². The van der Waals surface area contributed by atoms with Gasteiger partial charge in [-0.05, 0) is 0 Å². The van der Waals surface area contributed by atoms with Crippen molar-refractivity contribution in [3.63, 3.8) is 0 Å². The fourth-order valence-corrected chi connectivity index (χ4v) is 3.94. The average Bonchev–Trinajstić information content (AvgIpc) is 3.24. The Hall–Kier alpha value is -3.98. The van der Waals surface area contributed by atoms with Gasteiger partial charge in [-0.25, -0.2) is 0 Å². The molecule has 2 aromatic rings. The van der Waals surface area contributed by atoms with Crippen molar-refractivity contribution in [3.05, 3.63) is 95.8 Å². The first-order chi connectivity index (χ1) is 17.5. The van der Waals surface area contributed by atoms with Crippen LogP contribution in [0.4, 0.5) is 0 Å². The molecule has 36 heavy (non-hydrogen) atoms. The molecule has 2 N–H and O–H groups in total. The zero-order valence-corrected chi connectivity index (χ0v) is 19.4. The Morgan fingerprint density at radius 1 is 0.972 bits per heavy atom. The van der Waals surface area contributed by atoms with Crippen LogP contribution in [0, 0.1) is 0 Å². The van der Waals surface area contributed by atoms with E-state index in [9.17, 15) is 14.4 Å². The topological polar surface area (TPSA) is 117 Å². The summed E-state index contributed by atoms with van der Waals surface area (Å²) in [6.45, 7) is -0.0178. The molecule has 2 aromatic carbocycles. The van der Waals surface area contributed by atoms with Crippen LogP contribution in [-0.2, 0) is 23.7 Å². The number of carbonyl (C=O) groups is 3. The Bertz CT molecular complexity index is 1170. The Morgan fingerprint density at radius 2 is 1.56 bits per heavy atom. The van der Waals surface area contributed by atoms with E-state index >= 15 is 0 Å². The standard InChI is InChI=1S/C25H24B2N2O7/c26-27-33-15-19-20(35-24(31)16-8-3-1-4-9-16)21(36-25(32)17-10-5-2-6-11-17)23(34-19)29-13-7-12-18(14-29)22(28)30/h1-11,13-14,19-21,23,26H,12,15H2,(H2,28,30)/t19-,20-,21-,23-/m1/s1. The molecular weight excluding hydrogens is 462 g/mol. The predicted molar refractivity (Wildman–Crippen MR) is 132 cm³/mol. The van der Waals surface area contributed by atoms with Crippen LogP contribution in [0.25, 0.3) is 0 Å². The first-order valence-corrected chi connectivity index (χ1v) is 11.3. The number of benzene rings is 2. The van der Waals surface area contributed by atoms with Gasteiger partial charge in [-0.15, -0.1) is 0 Å². The molecule has 0 spiro atoms. The molecule has 2 aliphatic heterocycles. The van der Waals surface area contributed by atoms with Gasteiger partial charge in [0.2, 0.25) is 0 Å². The van der Waals surface area contributed by atoms with Crippen LogP contribution < -0.4 is 5.73 Å². The first-order valence-electron chi connectivity index (χ1n) is 11.3. The van der Waals surface area contributed by atoms with Crippen molar-refractivity contribution in [2.75, 3.05) is 6.61 Å². The van der Waals surface area contributed by atoms with Crippen molar-refractivity contribution >= 4 is 32.2 Å². The summed E-state index contributed by atoms with van der Waals surface area (Å²) in [6.07, 6.45) is 1.45. The third kappa shape index (κ3) is 5.80. The molecule has 4 rings (SSSR count). The third-order valence-corrected chi connectivity index (χ3v) is 5.70. The summed E-state index contributed by atoms with van der Waals surface area (Å²) in [4.78, 5) is 39.4. The van der Waals surface area contributed by atoms with E-state index in [0.717, 1.165) is 0 Å². The van der Waals surface area contributed by atoms with Crippen LogP contribution >= 0.6 is 0 Å². The zero-order chi connectivity index (χ0) is 25.5. The molecule has 0 bridgehead atoms. The molecule has 1 saturated heterocycles. The minimum absolute atomic E-state index is 0.0178. The maximum absolute atomic E-state index is 13.0. The number of hydrogen-bond donors (Lipinski definition) is 1. The molecule has 11 heteroatoms. The van der Waals surface area contributed by atoms with E-state index in [1.54, 1.807) is 77.8 Å². The first kappa shape index (κ1) is 25.1. The van der Waals surface area contributed by atoms with Crippen LogP contribution in [0.2, 0.25) is 0 Å². The van der Waals surface area contributed by atoms with E-state index in [0.29, 0.717) is 23.1 Å². The van der Waals surface area contributed by atoms with Gasteiger partial charge in [0.05, 0.1) is 0 Å². The number of esters is 2. The third-order valence-electron chi connectivity index (χ3n) is 5.70. The second-order valence-corrected chi connectivity index (χ2v) is 8.09. The van der Waals surface area contributed by atoms with Gasteiger partial charge in [0, 0.05) is 0 Å². The fourth-order valence-electron chi connectivity index (χ4n) is 3.94. The number of amides is 1. The number of nitrogens with two attached hydrogens (primary N) is 1. The van der Waals surface area contributed by atoms with E-state index in [1.165, 1.54) is 13.2 Å². The second kappa shape index (κ2) is 11.6. The SMILES string of the molecule is B=BOC[C@H]1O[C@@H](N2C=CCC(C(N)=O)=C2)[C@H](OC(=O)c2ccccc2)[C@@H]1OC(=O)c1ccccc1. The summed E-state index contributed by atoms with van der Waals surface area (Å²) >= 11 is 0. The average molecular weight is 486 g/mol. The van der Waals surface area contributed by atoms with Gasteiger partial charge in [-0.1, -0.05) is 0 Å². The zero-order valence-electron chi connectivity index (χ0n) is 19.4. The van der Waals surface area contributed by atoms with E-state index in [4.69, 9.17) is 24.6 Å². The number of nitrogens with zero attached hydrogens (tertiary/aromatic N) is 1. The maximum atomic E-state index is 13.0. The predicted octanol–water partition coefficient (Wildman–Crippen LogP) is 1.20. The van der Waals surface area contributed by atoms with Crippen LogP contribution in [0.5, 0.6) is 0 Å². The molecule has 4 atom stereocenters. The monoisotopic (exact) mass is 486 g/mol. The summed E-state index contributed by atoms with van der Waals surface area (Å²) in [6, 6.07) is 16.9. The Morgan fingerprint density at radius 3 is 2.11 bits per heavy atom. The summed E-state index contributed by atoms with van der Waals surface area (Å²) in [7, 11) is 4.79. The fraction of sp³-hybridized carbons (Fsp3) is 0.240. The second-order valence-electron chi connectivity index (χ2n) is 8.09. The van der Waals surface area contributed by atoms with Crippen LogP contribution in [0.3, 0.4) is 0 Å². The van der Waals surface area contributed by atoms with Crippen molar-refractivity contribution < 1.29 is 33.2 Å². The van der Waals surface area contributed by atoms with Gasteiger partial charge in [-0.2, -0.15) is 0 Å². The van der Waals surface area contributed by atoms with Gasteiger partial charge in [0.15, 0.2) is 0 Å². The summed E-state index contributed by atoms with van der Waals surface area (Å²) in [5.41, 5.74) is 6.46. The molecule has 9 nitrogen and oxygen atoms in total. The molecular formula is C25H24B2N2O7. The summed E-state index contributed by atoms with van der Waals surface area (Å²) in [5.74, 6) is -1.82. The summed E-state index contributed by atoms with van der Waals surface area (Å²) < 4.78 is 23.2. The van der Waals surface area contributed by atoms with Gasteiger partial charge in [-0.3, -0.25) is 0 Å². The number of hydrogen-bond acceptors (Lipinski definition) is 8. The van der Waals surface area contributed by atoms with Gasteiger partial charge in [0.1, 0.15) is 0 Å². The molecule has 2 aliphatic rings.